The van der Waals surface area contributed by atoms with E-state index in [1.54, 1.807) is 36.0 Å². The molecule has 0 bridgehead atoms. The van der Waals surface area contributed by atoms with E-state index in [1.807, 2.05) is 0 Å². The summed E-state index contributed by atoms with van der Waals surface area (Å²) in [5.74, 6) is 0.924. The molecule has 7 heteroatoms. The smallest absolute Gasteiger partial charge is 0.256 e. The van der Waals surface area contributed by atoms with Gasteiger partial charge in [-0.3, -0.25) is 4.79 Å². The van der Waals surface area contributed by atoms with Gasteiger partial charge in [0, 0.05) is 29.2 Å². The summed E-state index contributed by atoms with van der Waals surface area (Å²) in [6.07, 6.45) is 1.18. The zero-order valence-corrected chi connectivity index (χ0v) is 13.0. The number of sulfone groups is 1. The first-order valence-corrected chi connectivity index (χ1v) is 9.32. The van der Waals surface area contributed by atoms with Crippen LogP contribution in [0.3, 0.4) is 0 Å². The lowest BCUT2D eigenvalue weighted by Gasteiger charge is -2.34. The van der Waals surface area contributed by atoms with Gasteiger partial charge in [-0.1, -0.05) is 12.1 Å². The molecule has 1 aliphatic rings. The van der Waals surface area contributed by atoms with Crippen molar-refractivity contribution in [1.29, 1.82) is 0 Å². The van der Waals surface area contributed by atoms with E-state index in [2.05, 4.69) is 12.6 Å². The van der Waals surface area contributed by atoms with E-state index in [-0.39, 0.29) is 5.91 Å². The third-order valence-electron chi connectivity index (χ3n) is 2.97. The van der Waals surface area contributed by atoms with Crippen molar-refractivity contribution in [1.82, 2.24) is 4.90 Å². The highest BCUT2D eigenvalue weighted by Gasteiger charge is 2.34. The molecule has 0 spiro atoms. The fourth-order valence-corrected chi connectivity index (χ4v) is 5.05. The molecule has 0 aliphatic carbocycles. The molecular formula is C12H15NO3S3. The number of amides is 1. The van der Waals surface area contributed by atoms with Crippen molar-refractivity contribution in [3.8, 4) is 0 Å². The number of benzene rings is 1. The molecule has 0 saturated carbocycles. The summed E-state index contributed by atoms with van der Waals surface area (Å²) in [6.45, 7) is 0.448. The van der Waals surface area contributed by atoms with Crippen molar-refractivity contribution in [3.63, 3.8) is 0 Å². The third kappa shape index (κ3) is 3.27. The molecule has 104 valence electrons. The Morgan fingerprint density at radius 1 is 1.42 bits per heavy atom. The molecule has 1 saturated heterocycles. The summed E-state index contributed by atoms with van der Waals surface area (Å²) in [5, 5.41) is -0.744. The highest BCUT2D eigenvalue weighted by Crippen LogP contribution is 2.24. The predicted octanol–water partition coefficient (Wildman–Crippen LogP) is 1.54. The fraction of sp³-hybridized carbons (Fsp3) is 0.417. The van der Waals surface area contributed by atoms with Crippen LogP contribution in [0, 0.1) is 0 Å². The van der Waals surface area contributed by atoms with Crippen molar-refractivity contribution in [2.75, 3.05) is 24.3 Å². The van der Waals surface area contributed by atoms with E-state index >= 15 is 0 Å². The van der Waals surface area contributed by atoms with Gasteiger partial charge in [-0.2, -0.15) is 11.8 Å². The minimum absolute atomic E-state index is 0.263. The molecule has 1 amide bonds. The predicted molar refractivity (Wildman–Crippen MR) is 80.7 cm³/mol. The number of carbonyl (C=O) groups is 1. The van der Waals surface area contributed by atoms with Crippen molar-refractivity contribution >= 4 is 40.1 Å². The molecule has 19 heavy (non-hydrogen) atoms. The van der Waals surface area contributed by atoms with Crippen LogP contribution in [0.5, 0.6) is 0 Å². The minimum atomic E-state index is -3.28. The molecule has 0 N–H and O–H groups in total. The van der Waals surface area contributed by atoms with Gasteiger partial charge in [-0.25, -0.2) is 8.42 Å². The van der Waals surface area contributed by atoms with Gasteiger partial charge in [0.1, 0.15) is 5.37 Å². The van der Waals surface area contributed by atoms with Crippen LogP contribution in [0.4, 0.5) is 0 Å². The Labute approximate surface area is 122 Å². The van der Waals surface area contributed by atoms with Crippen LogP contribution in [-0.2, 0) is 9.84 Å². The quantitative estimate of drug-likeness (QED) is 0.841. The number of thiol groups is 1. The summed E-state index contributed by atoms with van der Waals surface area (Å²) in [5.41, 5.74) is 0.450. The number of thioether (sulfide) groups is 1. The van der Waals surface area contributed by atoms with Gasteiger partial charge in [-0.15, -0.1) is 12.6 Å². The molecule has 1 fully saturated rings. The summed E-state index contributed by atoms with van der Waals surface area (Å²) in [7, 11) is -3.28. The van der Waals surface area contributed by atoms with Crippen LogP contribution in [0.2, 0.25) is 0 Å². The minimum Gasteiger partial charge on any atom is -0.320 e. The average Bonchev–Trinajstić information content (AvgIpc) is 2.37. The fourth-order valence-electron chi connectivity index (χ4n) is 1.98. The Balaban J connectivity index is 2.34. The number of hydrogen-bond acceptors (Lipinski definition) is 5. The molecule has 1 aromatic rings. The number of hydrogen-bond donors (Lipinski definition) is 1. The highest BCUT2D eigenvalue weighted by atomic mass is 32.2. The van der Waals surface area contributed by atoms with Crippen molar-refractivity contribution in [2.24, 2.45) is 0 Å². The average molecular weight is 317 g/mol. The standard InChI is InChI=1S/C12H15NO3S3/c1-19(15,16)11-8-18-7-6-13(11)12(14)9-4-2-3-5-10(9)17/h2-5,11,17H,6-8H2,1H3. The van der Waals surface area contributed by atoms with Gasteiger partial charge < -0.3 is 4.90 Å². The number of nitrogens with zero attached hydrogens (tertiary/aromatic N) is 1. The second-order valence-corrected chi connectivity index (χ2v) is 8.21. The molecule has 0 aromatic heterocycles. The molecule has 1 heterocycles. The maximum Gasteiger partial charge on any atom is 0.256 e. The van der Waals surface area contributed by atoms with Crippen LogP contribution in [0.1, 0.15) is 10.4 Å². The van der Waals surface area contributed by atoms with Crippen LogP contribution in [0.15, 0.2) is 29.2 Å². The Hall–Kier alpha value is -0.660. The van der Waals surface area contributed by atoms with Crippen LogP contribution in [-0.4, -0.2) is 48.9 Å². The molecule has 1 atom stereocenters. The Morgan fingerprint density at radius 2 is 2.11 bits per heavy atom. The normalized spacial score (nSPS) is 20.3. The molecule has 2 rings (SSSR count). The lowest BCUT2D eigenvalue weighted by atomic mass is 10.2. The molecule has 4 nitrogen and oxygen atoms in total. The first-order valence-electron chi connectivity index (χ1n) is 5.77. The monoisotopic (exact) mass is 317 g/mol. The summed E-state index contributed by atoms with van der Waals surface area (Å²) < 4.78 is 23.6. The topological polar surface area (TPSA) is 54.5 Å². The van der Waals surface area contributed by atoms with Gasteiger partial charge in [0.15, 0.2) is 9.84 Å². The molecule has 1 unspecified atom stereocenters. The van der Waals surface area contributed by atoms with Gasteiger partial charge >= 0.3 is 0 Å². The summed E-state index contributed by atoms with van der Waals surface area (Å²) >= 11 is 5.82. The number of rotatable bonds is 2. The second kappa shape index (κ2) is 5.76. The largest absolute Gasteiger partial charge is 0.320 e. The van der Waals surface area contributed by atoms with E-state index in [9.17, 15) is 13.2 Å². The SMILES string of the molecule is CS(=O)(=O)C1CSCCN1C(=O)c1ccccc1S. The van der Waals surface area contributed by atoms with Crippen LogP contribution in [0.25, 0.3) is 0 Å². The maximum absolute atomic E-state index is 12.5. The van der Waals surface area contributed by atoms with E-state index < -0.39 is 15.2 Å². The van der Waals surface area contributed by atoms with E-state index in [1.165, 1.54) is 11.2 Å². The van der Waals surface area contributed by atoms with Gasteiger partial charge in [0.05, 0.1) is 5.56 Å². The van der Waals surface area contributed by atoms with Crippen LogP contribution >= 0.6 is 24.4 Å². The zero-order chi connectivity index (χ0) is 14.0. The van der Waals surface area contributed by atoms with Gasteiger partial charge in [-0.05, 0) is 12.1 Å². The van der Waals surface area contributed by atoms with Crippen molar-refractivity contribution in [2.45, 2.75) is 10.3 Å². The van der Waals surface area contributed by atoms with Crippen LogP contribution < -0.4 is 0 Å². The number of carbonyl (C=O) groups excluding carboxylic acids is 1. The molecule has 1 aliphatic heterocycles. The van der Waals surface area contributed by atoms with E-state index in [0.717, 1.165) is 5.75 Å². The van der Waals surface area contributed by atoms with Crippen molar-refractivity contribution < 1.29 is 13.2 Å². The zero-order valence-electron chi connectivity index (χ0n) is 10.4. The Morgan fingerprint density at radius 3 is 2.74 bits per heavy atom. The molecule has 0 radical (unpaired) electrons. The van der Waals surface area contributed by atoms with Gasteiger partial charge in [0.25, 0.3) is 5.91 Å². The van der Waals surface area contributed by atoms with Crippen molar-refractivity contribution in [3.05, 3.63) is 29.8 Å². The second-order valence-electron chi connectivity index (χ2n) is 4.37. The maximum atomic E-state index is 12.5. The van der Waals surface area contributed by atoms with E-state index in [4.69, 9.17) is 0 Å². The summed E-state index contributed by atoms with van der Waals surface area (Å²) in [6, 6.07) is 6.94. The highest BCUT2D eigenvalue weighted by molar-refractivity contribution is 8.00. The lowest BCUT2D eigenvalue weighted by molar-refractivity contribution is 0.0746. The molecule has 1 aromatic carbocycles. The third-order valence-corrected chi connectivity index (χ3v) is 6.01. The van der Waals surface area contributed by atoms with E-state index in [0.29, 0.717) is 22.8 Å². The lowest BCUT2D eigenvalue weighted by Crippen LogP contribution is -2.50. The summed E-state index contributed by atoms with van der Waals surface area (Å²) in [4.78, 5) is 14.5. The Bertz CT molecular complexity index is 586. The Kier molecular flexibility index (Phi) is 4.47. The first-order chi connectivity index (χ1) is 8.91. The molecular weight excluding hydrogens is 302 g/mol. The first kappa shape index (κ1) is 14.7. The van der Waals surface area contributed by atoms with Gasteiger partial charge in [0.2, 0.25) is 0 Å².